The maximum Gasteiger partial charge on any atom is 0.410 e. The molecule has 0 amide bonds. The van der Waals surface area contributed by atoms with Gasteiger partial charge in [-0.25, -0.2) is 0 Å². The highest BCUT2D eigenvalue weighted by molar-refractivity contribution is 5.09. The molecule has 1 N–H and O–H groups in total. The summed E-state index contributed by atoms with van der Waals surface area (Å²) in [5, 5.41) is 2.35. The zero-order chi connectivity index (χ0) is 9.90. The van der Waals surface area contributed by atoms with E-state index in [1.807, 2.05) is 0 Å². The Labute approximate surface area is 74.8 Å². The molecule has 0 saturated heterocycles. The Hall–Kier alpha value is -0.710. The summed E-state index contributed by atoms with van der Waals surface area (Å²) in [6.45, 7) is 2.26. The Morgan fingerprint density at radius 1 is 1.62 bits per heavy atom. The highest BCUT2D eigenvalue weighted by atomic mass is 19.4. The van der Waals surface area contributed by atoms with Gasteiger partial charge in [-0.1, -0.05) is 6.92 Å². The molecule has 0 aliphatic carbocycles. The van der Waals surface area contributed by atoms with Gasteiger partial charge in [0, 0.05) is 6.42 Å². The van der Waals surface area contributed by atoms with Crippen molar-refractivity contribution in [2.75, 3.05) is 13.2 Å². The van der Waals surface area contributed by atoms with E-state index in [1.165, 1.54) is 6.08 Å². The van der Waals surface area contributed by atoms with Gasteiger partial charge >= 0.3 is 6.18 Å². The lowest BCUT2D eigenvalue weighted by atomic mass is 10.2. The highest BCUT2D eigenvalue weighted by Gasteiger charge is 2.43. The van der Waals surface area contributed by atoms with Crippen LogP contribution in [0.4, 0.5) is 13.2 Å². The molecule has 0 fully saturated rings. The van der Waals surface area contributed by atoms with Crippen molar-refractivity contribution in [2.45, 2.75) is 25.6 Å². The first-order valence-electron chi connectivity index (χ1n) is 4.18. The van der Waals surface area contributed by atoms with Gasteiger partial charge in [0.1, 0.15) is 5.76 Å². The van der Waals surface area contributed by atoms with Crippen molar-refractivity contribution in [2.24, 2.45) is 0 Å². The number of hydrogen-bond donors (Lipinski definition) is 1. The number of halogens is 3. The standard InChI is InChI=1S/C8H12F3NO/c1-2-12-7(8(9,10)11)6-4-3-5-13-6/h4,7,12H,2-3,5H2,1H3. The first-order chi connectivity index (χ1) is 6.05. The minimum atomic E-state index is -4.27. The van der Waals surface area contributed by atoms with Crippen molar-refractivity contribution in [1.29, 1.82) is 0 Å². The maximum absolute atomic E-state index is 12.4. The van der Waals surface area contributed by atoms with E-state index in [1.54, 1.807) is 6.92 Å². The molecule has 13 heavy (non-hydrogen) atoms. The molecule has 1 heterocycles. The number of ether oxygens (including phenoxy) is 1. The van der Waals surface area contributed by atoms with Crippen molar-refractivity contribution < 1.29 is 17.9 Å². The van der Waals surface area contributed by atoms with Crippen molar-refractivity contribution >= 4 is 0 Å². The predicted molar refractivity (Wildman–Crippen MR) is 42.2 cm³/mol. The average Bonchev–Trinajstić information content (AvgIpc) is 2.49. The Bertz CT molecular complexity index is 200. The molecular formula is C8H12F3NO. The summed E-state index contributed by atoms with van der Waals surface area (Å²) in [5.74, 6) is 0.00866. The lowest BCUT2D eigenvalue weighted by Crippen LogP contribution is -2.43. The second-order valence-electron chi connectivity index (χ2n) is 2.78. The molecule has 0 spiro atoms. The minimum absolute atomic E-state index is 0.00866. The van der Waals surface area contributed by atoms with Gasteiger partial charge in [-0.15, -0.1) is 0 Å². The fourth-order valence-corrected chi connectivity index (χ4v) is 1.22. The van der Waals surface area contributed by atoms with Crippen molar-refractivity contribution in [1.82, 2.24) is 5.32 Å². The Kier molecular flexibility index (Phi) is 3.19. The van der Waals surface area contributed by atoms with Crippen LogP contribution in [-0.4, -0.2) is 25.4 Å². The lowest BCUT2D eigenvalue weighted by Gasteiger charge is -2.21. The molecule has 0 radical (unpaired) electrons. The number of nitrogens with one attached hydrogen (secondary N) is 1. The fourth-order valence-electron chi connectivity index (χ4n) is 1.22. The van der Waals surface area contributed by atoms with Crippen molar-refractivity contribution in [3.8, 4) is 0 Å². The molecule has 1 rings (SSSR count). The van der Waals surface area contributed by atoms with Gasteiger partial charge in [0.2, 0.25) is 0 Å². The zero-order valence-corrected chi connectivity index (χ0v) is 7.32. The van der Waals surface area contributed by atoms with E-state index in [4.69, 9.17) is 4.74 Å². The SMILES string of the molecule is CCNC(C1=CCCO1)C(F)(F)F. The van der Waals surface area contributed by atoms with Crippen LogP contribution in [0.25, 0.3) is 0 Å². The fraction of sp³-hybridized carbons (Fsp3) is 0.750. The second-order valence-corrected chi connectivity index (χ2v) is 2.78. The molecule has 1 atom stereocenters. The van der Waals surface area contributed by atoms with Crippen LogP contribution >= 0.6 is 0 Å². The smallest absolute Gasteiger partial charge is 0.410 e. The molecule has 1 aliphatic rings. The van der Waals surface area contributed by atoms with Gasteiger partial charge in [-0.05, 0) is 12.6 Å². The summed E-state index contributed by atoms with van der Waals surface area (Å²) in [6, 6.07) is -1.64. The maximum atomic E-state index is 12.4. The van der Waals surface area contributed by atoms with Gasteiger partial charge in [0.25, 0.3) is 0 Å². The van der Waals surface area contributed by atoms with Crippen LogP contribution in [0.2, 0.25) is 0 Å². The van der Waals surface area contributed by atoms with Gasteiger partial charge in [-0.2, -0.15) is 13.2 Å². The van der Waals surface area contributed by atoms with E-state index in [0.29, 0.717) is 13.0 Å². The molecule has 1 aliphatic heterocycles. The third kappa shape index (κ3) is 2.62. The Morgan fingerprint density at radius 3 is 2.69 bits per heavy atom. The van der Waals surface area contributed by atoms with Gasteiger partial charge < -0.3 is 10.1 Å². The van der Waals surface area contributed by atoms with E-state index in [9.17, 15) is 13.2 Å². The summed E-state index contributed by atoms with van der Waals surface area (Å²) in [7, 11) is 0. The number of hydrogen-bond acceptors (Lipinski definition) is 2. The average molecular weight is 195 g/mol. The lowest BCUT2D eigenvalue weighted by molar-refractivity contribution is -0.154. The van der Waals surface area contributed by atoms with Crippen LogP contribution in [0.15, 0.2) is 11.8 Å². The zero-order valence-electron chi connectivity index (χ0n) is 7.32. The molecular weight excluding hydrogens is 183 g/mol. The molecule has 2 nitrogen and oxygen atoms in total. The predicted octanol–water partition coefficient (Wildman–Crippen LogP) is 1.83. The first kappa shape index (κ1) is 10.4. The topological polar surface area (TPSA) is 21.3 Å². The highest BCUT2D eigenvalue weighted by Crippen LogP contribution is 2.28. The van der Waals surface area contributed by atoms with Crippen LogP contribution < -0.4 is 5.32 Å². The normalized spacial score (nSPS) is 19.5. The van der Waals surface area contributed by atoms with Crippen molar-refractivity contribution in [3.63, 3.8) is 0 Å². The summed E-state index contributed by atoms with van der Waals surface area (Å²) in [6.07, 6.45) is -2.22. The molecule has 0 aromatic rings. The van der Waals surface area contributed by atoms with Crippen LogP contribution in [0.1, 0.15) is 13.3 Å². The molecule has 5 heteroatoms. The molecule has 0 aromatic carbocycles. The van der Waals surface area contributed by atoms with E-state index < -0.39 is 12.2 Å². The van der Waals surface area contributed by atoms with Crippen LogP contribution in [-0.2, 0) is 4.74 Å². The quantitative estimate of drug-likeness (QED) is 0.741. The summed E-state index contributed by atoms with van der Waals surface area (Å²) in [4.78, 5) is 0. The third-order valence-electron chi connectivity index (χ3n) is 1.75. The third-order valence-corrected chi connectivity index (χ3v) is 1.75. The summed E-state index contributed by atoms with van der Waals surface area (Å²) >= 11 is 0. The summed E-state index contributed by atoms with van der Waals surface area (Å²) in [5.41, 5.74) is 0. The van der Waals surface area contributed by atoms with E-state index in [-0.39, 0.29) is 12.3 Å². The molecule has 76 valence electrons. The first-order valence-corrected chi connectivity index (χ1v) is 4.18. The van der Waals surface area contributed by atoms with Gasteiger partial charge in [0.15, 0.2) is 6.04 Å². The van der Waals surface area contributed by atoms with E-state index in [2.05, 4.69) is 5.32 Å². The monoisotopic (exact) mass is 195 g/mol. The van der Waals surface area contributed by atoms with Crippen LogP contribution in [0.5, 0.6) is 0 Å². The van der Waals surface area contributed by atoms with Gasteiger partial charge in [-0.3, -0.25) is 0 Å². The van der Waals surface area contributed by atoms with E-state index in [0.717, 1.165) is 0 Å². The molecule has 1 unspecified atom stereocenters. The Morgan fingerprint density at radius 2 is 2.31 bits per heavy atom. The largest absolute Gasteiger partial charge is 0.496 e. The second kappa shape index (κ2) is 4.00. The molecule has 0 saturated carbocycles. The Balaban J connectivity index is 2.67. The summed E-state index contributed by atoms with van der Waals surface area (Å²) < 4.78 is 42.0. The molecule has 0 aromatic heterocycles. The van der Waals surface area contributed by atoms with Gasteiger partial charge in [0.05, 0.1) is 6.61 Å². The minimum Gasteiger partial charge on any atom is -0.496 e. The van der Waals surface area contributed by atoms with E-state index >= 15 is 0 Å². The van der Waals surface area contributed by atoms with Crippen LogP contribution in [0, 0.1) is 0 Å². The van der Waals surface area contributed by atoms with Crippen molar-refractivity contribution in [3.05, 3.63) is 11.8 Å². The van der Waals surface area contributed by atoms with Crippen LogP contribution in [0.3, 0.4) is 0 Å². The number of rotatable bonds is 3. The number of likely N-dealkylation sites (N-methyl/N-ethyl adjacent to an activating group) is 1. The number of alkyl halides is 3. The molecule has 0 bridgehead atoms.